The molecule has 0 aliphatic rings. The molecule has 6 heteroatoms. The van der Waals surface area contributed by atoms with Crippen molar-refractivity contribution in [3.8, 4) is 12.1 Å². The quantitative estimate of drug-likeness (QED) is 0.139. The molecule has 2 atom stereocenters. The van der Waals surface area contributed by atoms with Gasteiger partial charge in [0, 0.05) is 10.4 Å². The Labute approximate surface area is 263 Å². The molecule has 0 spiro atoms. The summed E-state index contributed by atoms with van der Waals surface area (Å²) in [5.74, 6) is -0.865. The minimum Gasteiger partial charge on any atom is -0.461 e. The second-order valence-corrected chi connectivity index (χ2v) is 10.9. The van der Waals surface area contributed by atoms with E-state index in [1.807, 2.05) is 44.2 Å². The van der Waals surface area contributed by atoms with Crippen LogP contribution in [0.1, 0.15) is 92.9 Å². The standard InChI is InChI=1S/C36H42N2O4.C2H6/c1-5-9-14-25(7-3)23-41-35(39)32(21-37)29-18-13-19-30-31(29)20-27-16-11-12-17-28(27)34(30)33(22-38)36(40)42-24-26(8-4)15-10-6-2;1-2/h11-13,16-20,25-26H,5-10,14-15,23-24H2,1-4H3;1-2H3/b32-29+,34-33+;. The number of hydrogen-bond donors (Lipinski definition) is 0. The molecule has 0 saturated heterocycles. The van der Waals surface area contributed by atoms with Gasteiger partial charge in [-0.15, -0.1) is 0 Å². The molecule has 234 valence electrons. The second-order valence-electron chi connectivity index (χ2n) is 10.9. The maximum atomic E-state index is 13.4. The highest BCUT2D eigenvalue weighted by atomic mass is 16.5. The van der Waals surface area contributed by atoms with Gasteiger partial charge >= 0.3 is 11.9 Å². The fourth-order valence-electron chi connectivity index (χ4n) is 5.32. The summed E-state index contributed by atoms with van der Waals surface area (Å²) in [5, 5.41) is 23.8. The minimum atomic E-state index is -0.670. The van der Waals surface area contributed by atoms with E-state index in [0.29, 0.717) is 21.2 Å². The van der Waals surface area contributed by atoms with Crippen LogP contribution >= 0.6 is 0 Å². The fourth-order valence-corrected chi connectivity index (χ4v) is 5.32. The maximum absolute atomic E-state index is 13.4. The number of fused-ring (bicyclic) bond motifs is 2. The van der Waals surface area contributed by atoms with E-state index in [1.54, 1.807) is 18.2 Å². The predicted molar refractivity (Wildman–Crippen MR) is 179 cm³/mol. The summed E-state index contributed by atoms with van der Waals surface area (Å²) in [6, 6.07) is 18.8. The lowest BCUT2D eigenvalue weighted by atomic mass is 9.95. The minimum absolute atomic E-state index is 0.0953. The van der Waals surface area contributed by atoms with Crippen LogP contribution in [0, 0.1) is 34.5 Å². The predicted octanol–water partition coefficient (Wildman–Crippen LogP) is 7.89. The van der Waals surface area contributed by atoms with Crippen LogP contribution in [0.2, 0.25) is 0 Å². The SMILES string of the molecule is CC.CCCCC(CC)COC(=O)/C(C#N)=c1\cccc2/c(=C(\C#N)C(=O)OCC(CC)CCCC)c3ccccc3cc12. The van der Waals surface area contributed by atoms with E-state index >= 15 is 0 Å². The molecule has 2 unspecified atom stereocenters. The van der Waals surface area contributed by atoms with E-state index in [-0.39, 0.29) is 36.2 Å². The van der Waals surface area contributed by atoms with Crippen molar-refractivity contribution in [3.63, 3.8) is 0 Å². The third-order valence-corrected chi connectivity index (χ3v) is 8.04. The number of esters is 2. The summed E-state index contributed by atoms with van der Waals surface area (Å²) < 4.78 is 11.3. The van der Waals surface area contributed by atoms with Gasteiger partial charge in [-0.2, -0.15) is 10.5 Å². The molecule has 0 fully saturated rings. The fraction of sp³-hybridized carbons (Fsp3) is 0.474. The van der Waals surface area contributed by atoms with E-state index in [9.17, 15) is 20.1 Å². The first kappa shape index (κ1) is 36.0. The summed E-state index contributed by atoms with van der Waals surface area (Å²) in [4.78, 5) is 26.6. The van der Waals surface area contributed by atoms with Crippen LogP contribution in [-0.2, 0) is 19.1 Å². The third-order valence-electron chi connectivity index (χ3n) is 8.04. The van der Waals surface area contributed by atoms with E-state index in [4.69, 9.17) is 9.47 Å². The number of unbranched alkanes of at least 4 members (excludes halogenated alkanes) is 2. The number of nitrogens with zero attached hydrogens (tertiary/aromatic N) is 2. The van der Waals surface area contributed by atoms with Crippen molar-refractivity contribution in [3.05, 3.63) is 59.0 Å². The second kappa shape index (κ2) is 19.2. The Hall–Kier alpha value is -4.16. The number of carbonyl (C=O) groups excluding carboxylic acids is 2. The maximum Gasteiger partial charge on any atom is 0.349 e. The van der Waals surface area contributed by atoms with Crippen molar-refractivity contribution >= 4 is 44.6 Å². The topological polar surface area (TPSA) is 100 Å². The van der Waals surface area contributed by atoms with Crippen LogP contribution in [0.15, 0.2) is 48.5 Å². The zero-order valence-corrected chi connectivity index (χ0v) is 27.4. The molecular formula is C38H48N2O4. The van der Waals surface area contributed by atoms with Gasteiger partial charge in [0.15, 0.2) is 0 Å². The van der Waals surface area contributed by atoms with Gasteiger partial charge in [-0.1, -0.05) is 123 Å². The van der Waals surface area contributed by atoms with E-state index in [2.05, 4.69) is 39.8 Å². The van der Waals surface area contributed by atoms with Crippen molar-refractivity contribution in [1.29, 1.82) is 10.5 Å². The highest BCUT2D eigenvalue weighted by molar-refractivity contribution is 6.21. The van der Waals surface area contributed by atoms with Gasteiger partial charge in [-0.05, 0) is 52.3 Å². The molecule has 0 amide bonds. The molecule has 0 aliphatic carbocycles. The molecule has 3 aromatic rings. The summed E-state index contributed by atoms with van der Waals surface area (Å²) >= 11 is 0. The molecule has 0 aliphatic heterocycles. The zero-order chi connectivity index (χ0) is 32.5. The zero-order valence-electron chi connectivity index (χ0n) is 27.4. The Morgan fingerprint density at radius 1 is 0.705 bits per heavy atom. The third kappa shape index (κ3) is 9.17. The molecule has 44 heavy (non-hydrogen) atoms. The smallest absolute Gasteiger partial charge is 0.349 e. The molecule has 3 aromatic carbocycles. The van der Waals surface area contributed by atoms with Gasteiger partial charge in [0.25, 0.3) is 0 Å². The largest absolute Gasteiger partial charge is 0.461 e. The van der Waals surface area contributed by atoms with Gasteiger partial charge in [-0.3, -0.25) is 0 Å². The summed E-state index contributed by atoms with van der Waals surface area (Å²) in [5.41, 5.74) is -0.197. The average Bonchev–Trinajstić information content (AvgIpc) is 3.06. The molecule has 3 rings (SSSR count). The number of carbonyl (C=O) groups is 2. The Bertz CT molecular complexity index is 1610. The number of hydrogen-bond acceptors (Lipinski definition) is 6. The Morgan fingerprint density at radius 3 is 1.75 bits per heavy atom. The lowest BCUT2D eigenvalue weighted by Crippen LogP contribution is -2.23. The van der Waals surface area contributed by atoms with Crippen molar-refractivity contribution in [1.82, 2.24) is 0 Å². The Morgan fingerprint density at radius 2 is 1.23 bits per heavy atom. The highest BCUT2D eigenvalue weighted by Gasteiger charge is 2.20. The molecular weight excluding hydrogens is 548 g/mol. The first-order valence-electron chi connectivity index (χ1n) is 16.3. The number of benzene rings is 3. The molecule has 6 nitrogen and oxygen atoms in total. The molecule has 0 aromatic heterocycles. The van der Waals surface area contributed by atoms with Crippen molar-refractivity contribution in [2.45, 2.75) is 92.9 Å². The lowest BCUT2D eigenvalue weighted by Gasteiger charge is -2.15. The summed E-state index contributed by atoms with van der Waals surface area (Å²) in [6.07, 6.45) is 7.95. The van der Waals surface area contributed by atoms with Gasteiger partial charge < -0.3 is 9.47 Å². The van der Waals surface area contributed by atoms with Gasteiger partial charge in [-0.25, -0.2) is 9.59 Å². The lowest BCUT2D eigenvalue weighted by molar-refractivity contribution is -0.138. The number of ether oxygens (including phenoxy) is 2. The van der Waals surface area contributed by atoms with Crippen molar-refractivity contribution in [2.75, 3.05) is 13.2 Å². The Kier molecular flexibility index (Phi) is 15.7. The molecule has 0 N–H and O–H groups in total. The molecule has 0 bridgehead atoms. The average molecular weight is 597 g/mol. The number of rotatable bonds is 14. The van der Waals surface area contributed by atoms with Crippen LogP contribution in [0.4, 0.5) is 0 Å². The molecule has 0 saturated carbocycles. The van der Waals surface area contributed by atoms with Gasteiger partial charge in [0.1, 0.15) is 23.3 Å². The summed E-state index contributed by atoms with van der Waals surface area (Å²) in [7, 11) is 0. The van der Waals surface area contributed by atoms with E-state index in [0.717, 1.165) is 62.1 Å². The normalized spacial score (nSPS) is 13.5. The van der Waals surface area contributed by atoms with E-state index < -0.39 is 11.9 Å². The van der Waals surface area contributed by atoms with Crippen LogP contribution < -0.4 is 10.4 Å². The van der Waals surface area contributed by atoms with Gasteiger partial charge in [0.05, 0.1) is 13.2 Å². The van der Waals surface area contributed by atoms with Gasteiger partial charge in [0.2, 0.25) is 0 Å². The van der Waals surface area contributed by atoms with Crippen LogP contribution in [0.25, 0.3) is 32.7 Å². The van der Waals surface area contributed by atoms with Crippen molar-refractivity contribution in [2.24, 2.45) is 11.8 Å². The summed E-state index contributed by atoms with van der Waals surface area (Å²) in [6.45, 7) is 12.9. The first-order chi connectivity index (χ1) is 21.4. The molecule has 0 heterocycles. The van der Waals surface area contributed by atoms with Crippen molar-refractivity contribution < 1.29 is 19.1 Å². The number of nitriles is 2. The molecule has 0 radical (unpaired) electrons. The first-order valence-corrected chi connectivity index (χ1v) is 16.3. The van der Waals surface area contributed by atoms with Crippen LogP contribution in [-0.4, -0.2) is 25.2 Å². The Balaban J connectivity index is 0.00000330. The highest BCUT2D eigenvalue weighted by Crippen LogP contribution is 2.20. The monoisotopic (exact) mass is 596 g/mol. The van der Waals surface area contributed by atoms with E-state index in [1.165, 1.54) is 0 Å². The van der Waals surface area contributed by atoms with Crippen LogP contribution in [0.5, 0.6) is 0 Å². The van der Waals surface area contributed by atoms with Crippen LogP contribution in [0.3, 0.4) is 0 Å².